The van der Waals surface area contributed by atoms with Gasteiger partial charge in [-0.3, -0.25) is 9.59 Å². The van der Waals surface area contributed by atoms with Crippen LogP contribution in [0, 0.1) is 34.5 Å². The van der Waals surface area contributed by atoms with Crippen LogP contribution in [0.1, 0.15) is 107 Å². The quantitative estimate of drug-likeness (QED) is 0.0851. The van der Waals surface area contributed by atoms with E-state index in [0.29, 0.717) is 5.92 Å². The van der Waals surface area contributed by atoms with E-state index in [2.05, 4.69) is 48.7 Å². The van der Waals surface area contributed by atoms with Crippen molar-refractivity contribution in [2.45, 2.75) is 98.3 Å². The van der Waals surface area contributed by atoms with Crippen molar-refractivity contribution in [2.75, 3.05) is 11.5 Å². The highest BCUT2D eigenvalue weighted by atomic mass is 35.5. The van der Waals surface area contributed by atoms with Gasteiger partial charge in [-0.25, -0.2) is 9.97 Å². The number of hydrogen-bond donors (Lipinski definition) is 7. The summed E-state index contributed by atoms with van der Waals surface area (Å²) in [5.74, 6) is -1.78. The minimum Gasteiger partial charge on any atom is -0.504 e. The first-order valence-electron chi connectivity index (χ1n) is 16.4. The Kier molecular flexibility index (Phi) is 9.72. The van der Waals surface area contributed by atoms with Crippen molar-refractivity contribution in [3.63, 3.8) is 0 Å². The number of rotatable bonds is 2. The zero-order chi connectivity index (χ0) is 35.8. The highest BCUT2D eigenvalue weighted by Gasteiger charge is 2.67. The number of aliphatic imine (C=N–C) groups is 1. The number of aliphatic carboxylic acids is 1. The van der Waals surface area contributed by atoms with E-state index in [-0.39, 0.29) is 68.0 Å². The summed E-state index contributed by atoms with van der Waals surface area (Å²) in [7, 11) is 0. The van der Waals surface area contributed by atoms with E-state index >= 15 is 0 Å². The molecular weight excluding hydrogens is 669 g/mol. The normalized spacial score (nSPS) is 32.6. The molecule has 0 aliphatic heterocycles. The number of carbonyl (C=O) groups is 2. The molecule has 1 aromatic heterocycles. The maximum atomic E-state index is 12.3. The summed E-state index contributed by atoms with van der Waals surface area (Å²) < 4.78 is 0. The number of aromatic hydroxyl groups is 2. The van der Waals surface area contributed by atoms with Crippen molar-refractivity contribution in [2.24, 2.45) is 44.0 Å². The van der Waals surface area contributed by atoms with Crippen molar-refractivity contribution < 1.29 is 24.9 Å². The number of phenolic OH excluding ortho intramolecular Hbond substituents is 2. The van der Waals surface area contributed by atoms with Gasteiger partial charge in [0, 0.05) is 5.41 Å². The number of halogens is 2. The number of allylic oxidation sites excluding steroid dienone is 2. The highest BCUT2D eigenvalue weighted by Crippen LogP contribution is 2.74. The van der Waals surface area contributed by atoms with Gasteiger partial charge >= 0.3 is 11.9 Å². The Hall–Kier alpha value is -3.77. The van der Waals surface area contributed by atoms with Gasteiger partial charge in [0.2, 0.25) is 0 Å². The summed E-state index contributed by atoms with van der Waals surface area (Å²) in [6, 6.07) is 1.81. The molecule has 0 bridgehead atoms. The number of nitrogens with two attached hydrogens (primary N) is 4. The summed E-state index contributed by atoms with van der Waals surface area (Å²) in [6.07, 6.45) is 10.0. The minimum absolute atomic E-state index is 0. The number of phenols is 2. The molecule has 6 atom stereocenters. The Labute approximate surface area is 298 Å². The molecule has 1 heterocycles. The zero-order valence-corrected chi connectivity index (χ0v) is 30.6. The van der Waals surface area contributed by atoms with Crippen LogP contribution in [0.15, 0.2) is 22.7 Å². The Balaban J connectivity index is 0.000000286. The SMILES string of the molecule is Cc1c(O)c(O)cc2c1CC=C1C2(C)CCC2(C)C3CC(C)(C(=O)O)CCC3(C)CCC12C.Cl.NC(N)=NC(=O)c1nc(Cl)c(N)nc1N. The molecule has 1 aromatic carbocycles. The Morgan fingerprint density at radius 2 is 1.59 bits per heavy atom. The van der Waals surface area contributed by atoms with Crippen LogP contribution in [-0.2, 0) is 16.6 Å². The average Bonchev–Trinajstić information content (AvgIpc) is 3.00. The fourth-order valence-corrected chi connectivity index (χ4v) is 9.79. The van der Waals surface area contributed by atoms with E-state index < -0.39 is 23.3 Å². The van der Waals surface area contributed by atoms with Gasteiger partial charge in [0.1, 0.15) is 0 Å². The smallest absolute Gasteiger partial charge is 0.309 e. The van der Waals surface area contributed by atoms with Crippen LogP contribution >= 0.6 is 24.0 Å². The summed E-state index contributed by atoms with van der Waals surface area (Å²) in [5.41, 5.74) is 24.5. The van der Waals surface area contributed by atoms with Gasteiger partial charge in [0.25, 0.3) is 0 Å². The first-order valence-corrected chi connectivity index (χ1v) is 16.7. The molecule has 268 valence electrons. The summed E-state index contributed by atoms with van der Waals surface area (Å²) in [6.45, 7) is 13.5. The predicted molar refractivity (Wildman–Crippen MR) is 193 cm³/mol. The van der Waals surface area contributed by atoms with Crippen molar-refractivity contribution in [1.29, 1.82) is 0 Å². The number of anilines is 2. The van der Waals surface area contributed by atoms with Crippen LogP contribution in [0.25, 0.3) is 0 Å². The first-order chi connectivity index (χ1) is 22.1. The molecule has 0 saturated heterocycles. The van der Waals surface area contributed by atoms with Gasteiger partial charge in [-0.1, -0.05) is 50.9 Å². The number of carbonyl (C=O) groups excluding carboxylic acids is 1. The number of benzene rings is 1. The van der Waals surface area contributed by atoms with Crippen LogP contribution in [-0.4, -0.2) is 43.1 Å². The molecule has 49 heavy (non-hydrogen) atoms. The Morgan fingerprint density at radius 1 is 0.959 bits per heavy atom. The fourth-order valence-electron chi connectivity index (χ4n) is 9.66. The van der Waals surface area contributed by atoms with Crippen LogP contribution in [0.5, 0.6) is 11.5 Å². The van der Waals surface area contributed by atoms with Gasteiger partial charge in [0.15, 0.2) is 39.9 Å². The van der Waals surface area contributed by atoms with E-state index in [0.717, 1.165) is 62.5 Å². The molecule has 14 heteroatoms. The third-order valence-corrected chi connectivity index (χ3v) is 13.2. The molecule has 2 aromatic rings. The topological polar surface area (TPSA) is 237 Å². The number of amides is 1. The van der Waals surface area contributed by atoms with E-state index in [9.17, 15) is 24.9 Å². The van der Waals surface area contributed by atoms with Gasteiger partial charge in [-0.2, -0.15) is 4.99 Å². The van der Waals surface area contributed by atoms with Crippen molar-refractivity contribution in [1.82, 2.24) is 9.97 Å². The van der Waals surface area contributed by atoms with E-state index in [1.165, 1.54) is 11.1 Å². The minimum atomic E-state index is -0.832. The molecule has 12 nitrogen and oxygen atoms in total. The highest BCUT2D eigenvalue weighted by molar-refractivity contribution is 6.31. The molecule has 1 amide bonds. The lowest BCUT2D eigenvalue weighted by Gasteiger charge is -2.69. The third kappa shape index (κ3) is 5.84. The number of aromatic nitrogens is 2. The molecule has 6 rings (SSSR count). The zero-order valence-electron chi connectivity index (χ0n) is 29.0. The maximum absolute atomic E-state index is 12.3. The molecule has 3 saturated carbocycles. The van der Waals surface area contributed by atoms with Crippen molar-refractivity contribution in [3.05, 3.63) is 45.3 Å². The Bertz CT molecular complexity index is 1780. The molecular formula is C35H49Cl2N7O5. The third-order valence-electron chi connectivity index (χ3n) is 12.9. The fraction of sp³-hybridized carbons (Fsp3) is 0.571. The van der Waals surface area contributed by atoms with Crippen molar-refractivity contribution in [3.8, 4) is 11.5 Å². The molecule has 0 radical (unpaired) electrons. The van der Waals surface area contributed by atoms with Crippen LogP contribution in [0.4, 0.5) is 11.6 Å². The number of guanidine groups is 1. The van der Waals surface area contributed by atoms with E-state index in [4.69, 9.17) is 34.5 Å². The maximum Gasteiger partial charge on any atom is 0.309 e. The number of nitrogen functional groups attached to an aromatic ring is 2. The predicted octanol–water partition coefficient (Wildman–Crippen LogP) is 5.77. The molecule has 0 spiro atoms. The van der Waals surface area contributed by atoms with Gasteiger partial charge in [0.05, 0.1) is 5.41 Å². The number of hydrogen-bond acceptors (Lipinski definition) is 8. The second kappa shape index (κ2) is 12.5. The number of nitrogens with zero attached hydrogens (tertiary/aromatic N) is 3. The molecule has 6 unspecified atom stereocenters. The van der Waals surface area contributed by atoms with Crippen LogP contribution < -0.4 is 22.9 Å². The monoisotopic (exact) mass is 717 g/mol. The second-order valence-electron chi connectivity index (χ2n) is 15.6. The second-order valence-corrected chi connectivity index (χ2v) is 15.9. The van der Waals surface area contributed by atoms with Crippen molar-refractivity contribution >= 4 is 53.5 Å². The van der Waals surface area contributed by atoms with E-state index in [1.807, 2.05) is 19.9 Å². The Morgan fingerprint density at radius 3 is 2.20 bits per heavy atom. The summed E-state index contributed by atoms with van der Waals surface area (Å²) in [5, 5.41) is 30.8. The molecule has 11 N–H and O–H groups in total. The van der Waals surface area contributed by atoms with Gasteiger partial charge < -0.3 is 38.3 Å². The lowest BCUT2D eigenvalue weighted by Crippen LogP contribution is -2.62. The molecule has 3 fully saturated rings. The lowest BCUT2D eigenvalue weighted by molar-refractivity contribution is -0.177. The standard InChI is InChI=1S/C29H40O4.C6H8ClN7O.ClH/c1-17-18-7-8-21-27(4,19(18)15-20(30)23(17)31)12-14-29(6)22-16-26(3,24(32)33)10-9-25(22,2)11-13-28(21,29)5;7-2-4(9)13-3(8)1(12-2)5(15)14-6(10)11;/h8,15,22,30-31H,7,9-14,16H2,1-6H3,(H,32,33);(H4,8,9,13)(H4,10,11,14,15);1H. The molecule has 4 aliphatic rings. The number of carboxylic acids is 1. The van der Waals surface area contributed by atoms with Gasteiger partial charge in [-0.15, -0.1) is 12.4 Å². The van der Waals surface area contributed by atoms with Gasteiger partial charge in [-0.05, 0) is 110 Å². The average molecular weight is 719 g/mol. The molecule has 4 aliphatic carbocycles. The number of fused-ring (bicyclic) bond motifs is 7. The lowest BCUT2D eigenvalue weighted by atomic mass is 9.34. The van der Waals surface area contributed by atoms with E-state index in [1.54, 1.807) is 0 Å². The number of carboxylic acid groups (broad SMARTS) is 1. The summed E-state index contributed by atoms with van der Waals surface area (Å²) in [4.78, 5) is 34.0. The van der Waals surface area contributed by atoms with Crippen LogP contribution in [0.2, 0.25) is 5.15 Å². The van der Waals surface area contributed by atoms with Crippen LogP contribution in [0.3, 0.4) is 0 Å². The summed E-state index contributed by atoms with van der Waals surface area (Å²) >= 11 is 5.55. The largest absolute Gasteiger partial charge is 0.504 e. The first kappa shape index (κ1) is 38.0.